The number of nitrogens with one attached hydrogen (secondary N) is 2. The summed E-state index contributed by atoms with van der Waals surface area (Å²) in [7, 11) is 0. The lowest BCUT2D eigenvalue weighted by Gasteiger charge is -2.36. The Kier molecular flexibility index (Phi) is 9.77. The van der Waals surface area contributed by atoms with Crippen molar-refractivity contribution in [3.63, 3.8) is 0 Å². The van der Waals surface area contributed by atoms with E-state index in [1.165, 1.54) is 24.2 Å². The smallest absolute Gasteiger partial charge is 0.246 e. The van der Waals surface area contributed by atoms with Crippen LogP contribution >= 0.6 is 11.6 Å². The zero-order valence-electron chi connectivity index (χ0n) is 28.6. The number of halogens is 1. The van der Waals surface area contributed by atoms with Gasteiger partial charge in [-0.2, -0.15) is 0 Å². The predicted octanol–water partition coefficient (Wildman–Crippen LogP) is 4.99. The molecule has 5 aliphatic rings. The fraction of sp³-hybridized carbons (Fsp3) is 0.676. The number of likely N-dealkylation sites (tertiary alicyclic amines) is 1. The summed E-state index contributed by atoms with van der Waals surface area (Å²) in [5.41, 5.74) is -0.193. The predicted molar refractivity (Wildman–Crippen MR) is 181 cm³/mol. The SMILES string of the molecule is CCC(=O)C(=O)[C@H](CC1CC1)NC(=O)C1C[C@]2(CC(c3cccc(Cl)c3)=NO2)CN1C(=O)C(NC(=O)CC1CC2CCC1C2)C(C)(C)C. The molecule has 2 aliphatic heterocycles. The summed E-state index contributed by atoms with van der Waals surface area (Å²) in [4.78, 5) is 75.4. The van der Waals surface area contributed by atoms with Crippen molar-refractivity contribution in [2.75, 3.05) is 6.54 Å². The van der Waals surface area contributed by atoms with Gasteiger partial charge in [-0.05, 0) is 66.9 Å². The number of benzene rings is 1. The summed E-state index contributed by atoms with van der Waals surface area (Å²) in [6, 6.07) is 4.44. The van der Waals surface area contributed by atoms with Crippen LogP contribution in [0.25, 0.3) is 0 Å². The monoisotopic (exact) mass is 680 g/mol. The molecule has 4 fully saturated rings. The minimum Gasteiger partial charge on any atom is -0.387 e. The molecular weight excluding hydrogens is 632 g/mol. The van der Waals surface area contributed by atoms with Crippen molar-refractivity contribution in [2.24, 2.45) is 34.2 Å². The van der Waals surface area contributed by atoms with Gasteiger partial charge in [-0.15, -0.1) is 0 Å². The molecule has 3 amide bonds. The molecule has 3 aliphatic carbocycles. The number of nitrogens with zero attached hydrogens (tertiary/aromatic N) is 2. The summed E-state index contributed by atoms with van der Waals surface area (Å²) in [6.45, 7) is 7.41. The van der Waals surface area contributed by atoms with Gasteiger partial charge in [-0.1, -0.05) is 75.8 Å². The number of carbonyl (C=O) groups is 5. The molecule has 1 saturated heterocycles. The number of hydrogen-bond donors (Lipinski definition) is 2. The van der Waals surface area contributed by atoms with Gasteiger partial charge in [0, 0.05) is 36.3 Å². The number of oxime groups is 1. The molecular formula is C37H49ClN4O6. The minimum absolute atomic E-state index is 0.0553. The molecule has 0 aromatic heterocycles. The van der Waals surface area contributed by atoms with E-state index >= 15 is 0 Å². The Morgan fingerprint density at radius 2 is 1.85 bits per heavy atom. The van der Waals surface area contributed by atoms with E-state index in [1.807, 2.05) is 32.9 Å². The molecule has 3 saturated carbocycles. The Morgan fingerprint density at radius 1 is 1.08 bits per heavy atom. The first-order chi connectivity index (χ1) is 22.7. The summed E-state index contributed by atoms with van der Waals surface area (Å²) < 4.78 is 0. The molecule has 5 unspecified atom stereocenters. The van der Waals surface area contributed by atoms with Crippen LogP contribution in [0.15, 0.2) is 29.4 Å². The Hall–Kier alpha value is -3.27. The van der Waals surface area contributed by atoms with Crippen LogP contribution in [-0.4, -0.2) is 70.2 Å². The third kappa shape index (κ3) is 7.48. The van der Waals surface area contributed by atoms with Crippen molar-refractivity contribution < 1.29 is 28.8 Å². The molecule has 1 aromatic rings. The van der Waals surface area contributed by atoms with Gasteiger partial charge in [0.2, 0.25) is 23.5 Å². The van der Waals surface area contributed by atoms with Gasteiger partial charge in [0.25, 0.3) is 0 Å². The van der Waals surface area contributed by atoms with Crippen molar-refractivity contribution in [1.82, 2.24) is 15.5 Å². The van der Waals surface area contributed by atoms with Crippen molar-refractivity contribution >= 4 is 46.6 Å². The normalized spacial score (nSPS) is 28.9. The molecule has 6 rings (SSSR count). The average Bonchev–Trinajstić information content (AvgIpc) is 3.38. The number of rotatable bonds is 12. The highest BCUT2D eigenvalue weighted by Gasteiger charge is 2.56. The maximum atomic E-state index is 14.6. The fourth-order valence-corrected chi connectivity index (χ4v) is 8.60. The number of Topliss-reactive ketones (excluding diaryl/α,β-unsaturated/α-hetero) is 2. The van der Waals surface area contributed by atoms with E-state index in [0.29, 0.717) is 47.8 Å². The summed E-state index contributed by atoms with van der Waals surface area (Å²) in [6.07, 6.45) is 7.90. The summed E-state index contributed by atoms with van der Waals surface area (Å²) in [5.74, 6) is -0.259. The van der Waals surface area contributed by atoms with Crippen molar-refractivity contribution in [3.05, 3.63) is 34.9 Å². The van der Waals surface area contributed by atoms with Crippen LogP contribution in [0, 0.1) is 29.1 Å². The van der Waals surface area contributed by atoms with Gasteiger partial charge in [-0.25, -0.2) is 0 Å². The van der Waals surface area contributed by atoms with Crippen LogP contribution in [0.1, 0.15) is 104 Å². The number of fused-ring (bicyclic) bond motifs is 2. The molecule has 260 valence electrons. The molecule has 1 aromatic carbocycles. The first kappa shape index (κ1) is 34.6. The lowest BCUT2D eigenvalue weighted by Crippen LogP contribution is -2.59. The van der Waals surface area contributed by atoms with Crippen molar-refractivity contribution in [2.45, 2.75) is 122 Å². The van der Waals surface area contributed by atoms with Gasteiger partial charge in [0.15, 0.2) is 11.4 Å². The van der Waals surface area contributed by atoms with E-state index in [1.54, 1.807) is 19.1 Å². The maximum Gasteiger partial charge on any atom is 0.246 e. The topological polar surface area (TPSA) is 134 Å². The van der Waals surface area contributed by atoms with E-state index in [-0.39, 0.29) is 37.1 Å². The largest absolute Gasteiger partial charge is 0.387 e. The van der Waals surface area contributed by atoms with Crippen molar-refractivity contribution in [1.29, 1.82) is 0 Å². The first-order valence-electron chi connectivity index (χ1n) is 17.7. The Balaban J connectivity index is 1.24. The van der Waals surface area contributed by atoms with E-state index in [2.05, 4.69) is 15.8 Å². The van der Waals surface area contributed by atoms with Crippen LogP contribution in [-0.2, 0) is 28.8 Å². The molecule has 2 heterocycles. The zero-order chi connectivity index (χ0) is 34.4. The van der Waals surface area contributed by atoms with Gasteiger partial charge in [-0.3, -0.25) is 24.0 Å². The Labute approximate surface area is 288 Å². The third-order valence-electron chi connectivity index (χ3n) is 11.2. The van der Waals surface area contributed by atoms with Crippen LogP contribution < -0.4 is 10.6 Å². The number of ketones is 2. The van der Waals surface area contributed by atoms with E-state index in [9.17, 15) is 24.0 Å². The lowest BCUT2D eigenvalue weighted by molar-refractivity contribution is -0.145. The highest BCUT2D eigenvalue weighted by atomic mass is 35.5. The van der Waals surface area contributed by atoms with Gasteiger partial charge in [0.1, 0.15) is 12.1 Å². The van der Waals surface area contributed by atoms with E-state index < -0.39 is 46.6 Å². The minimum atomic E-state index is -0.995. The van der Waals surface area contributed by atoms with Crippen LogP contribution in [0.4, 0.5) is 0 Å². The van der Waals surface area contributed by atoms with Gasteiger partial charge >= 0.3 is 0 Å². The highest BCUT2D eigenvalue weighted by molar-refractivity contribution is 6.39. The fourth-order valence-electron chi connectivity index (χ4n) is 8.41. The standard InChI is InChI=1S/C37H49ClN4O6/c1-5-30(43)32(45)27(15-21-9-10-21)39-34(46)29-19-37(18-28(41-48-37)24-7-6-8-26(38)16-24)20-42(29)35(47)33(36(2,3)4)40-31(44)17-25-14-22-11-12-23(25)13-22/h6-8,16,21-23,25,27,29,33H,5,9-15,17-20H2,1-4H3,(H,39,46)(H,40,44)/t22?,23?,25?,27-,29?,33?,37+/m0/s1. The average molecular weight is 681 g/mol. The first-order valence-corrected chi connectivity index (χ1v) is 18.1. The Bertz CT molecular complexity index is 1500. The molecule has 2 N–H and O–H groups in total. The van der Waals surface area contributed by atoms with Gasteiger partial charge in [0.05, 0.1) is 18.3 Å². The molecule has 0 radical (unpaired) electrons. The highest BCUT2D eigenvalue weighted by Crippen LogP contribution is 2.49. The van der Waals surface area contributed by atoms with Gasteiger partial charge < -0.3 is 20.4 Å². The van der Waals surface area contributed by atoms with Crippen LogP contribution in [0.3, 0.4) is 0 Å². The molecule has 11 heteroatoms. The number of amides is 3. The van der Waals surface area contributed by atoms with Crippen molar-refractivity contribution in [3.8, 4) is 0 Å². The summed E-state index contributed by atoms with van der Waals surface area (Å²) >= 11 is 6.25. The zero-order valence-corrected chi connectivity index (χ0v) is 29.3. The van der Waals surface area contributed by atoms with E-state index in [4.69, 9.17) is 16.4 Å². The molecule has 1 spiro atoms. The van der Waals surface area contributed by atoms with Crippen LogP contribution in [0.5, 0.6) is 0 Å². The second-order valence-electron chi connectivity index (χ2n) is 16.1. The maximum absolute atomic E-state index is 14.6. The molecule has 7 atom stereocenters. The number of carbonyl (C=O) groups excluding carboxylic acids is 5. The number of hydrogen-bond acceptors (Lipinski definition) is 7. The third-order valence-corrected chi connectivity index (χ3v) is 11.5. The second kappa shape index (κ2) is 13.6. The molecule has 10 nitrogen and oxygen atoms in total. The molecule has 2 bridgehead atoms. The quantitative estimate of drug-likeness (QED) is 0.299. The van der Waals surface area contributed by atoms with E-state index in [0.717, 1.165) is 24.8 Å². The molecule has 48 heavy (non-hydrogen) atoms. The second-order valence-corrected chi connectivity index (χ2v) is 16.5. The summed E-state index contributed by atoms with van der Waals surface area (Å²) in [5, 5.41) is 10.9. The van der Waals surface area contributed by atoms with Crippen LogP contribution in [0.2, 0.25) is 5.02 Å². The lowest BCUT2D eigenvalue weighted by atomic mass is 9.84. The Morgan fingerprint density at radius 3 is 2.48 bits per heavy atom.